The second-order valence-corrected chi connectivity index (χ2v) is 3.44. The highest BCUT2D eigenvalue weighted by Crippen LogP contribution is 2.28. The zero-order valence-corrected chi connectivity index (χ0v) is 9.26. The molecule has 0 aliphatic carbocycles. The minimum absolute atomic E-state index is 0.362. The lowest BCUT2D eigenvalue weighted by Crippen LogP contribution is -2.22. The van der Waals surface area contributed by atoms with Gasteiger partial charge < -0.3 is 14.5 Å². The van der Waals surface area contributed by atoms with Gasteiger partial charge in [0.15, 0.2) is 5.76 Å². The van der Waals surface area contributed by atoms with E-state index >= 15 is 0 Å². The first-order valence-electron chi connectivity index (χ1n) is 4.81. The molecule has 0 saturated carbocycles. The maximum absolute atomic E-state index is 5.57. The molecule has 0 saturated heterocycles. The van der Waals surface area contributed by atoms with Crippen LogP contribution in [0, 0.1) is 0 Å². The minimum Gasteiger partial charge on any atom is -0.441 e. The van der Waals surface area contributed by atoms with Gasteiger partial charge in [-0.2, -0.15) is 0 Å². The van der Waals surface area contributed by atoms with Crippen molar-refractivity contribution in [2.45, 2.75) is 32.4 Å². The van der Waals surface area contributed by atoms with Crippen LogP contribution in [0.4, 0.5) is 0 Å². The van der Waals surface area contributed by atoms with E-state index in [2.05, 4.69) is 17.2 Å². The van der Waals surface area contributed by atoms with Gasteiger partial charge in [0, 0.05) is 7.11 Å². The molecule has 0 bridgehead atoms. The molecule has 0 spiro atoms. The summed E-state index contributed by atoms with van der Waals surface area (Å²) in [6, 6.07) is 0. The number of hydrogen-bond acceptors (Lipinski definition) is 4. The lowest BCUT2D eigenvalue weighted by atomic mass is 10.0. The van der Waals surface area contributed by atoms with Gasteiger partial charge in [0.2, 0.25) is 5.89 Å². The van der Waals surface area contributed by atoms with Gasteiger partial charge in [-0.1, -0.05) is 6.92 Å². The molecule has 1 atom stereocenters. The summed E-state index contributed by atoms with van der Waals surface area (Å²) in [7, 11) is 3.54. The molecule has 0 fully saturated rings. The zero-order valence-electron chi connectivity index (χ0n) is 9.26. The minimum atomic E-state index is -0.362. The van der Waals surface area contributed by atoms with E-state index in [4.69, 9.17) is 9.15 Å². The predicted molar refractivity (Wildman–Crippen MR) is 53.9 cm³/mol. The second-order valence-electron chi connectivity index (χ2n) is 3.44. The smallest absolute Gasteiger partial charge is 0.208 e. The van der Waals surface area contributed by atoms with Crippen LogP contribution >= 0.6 is 0 Å². The summed E-state index contributed by atoms with van der Waals surface area (Å²) in [4.78, 5) is 4.16. The molecule has 1 aromatic rings. The van der Waals surface area contributed by atoms with E-state index in [9.17, 15) is 0 Å². The van der Waals surface area contributed by atoms with Crippen molar-refractivity contribution >= 4 is 0 Å². The number of oxazole rings is 1. The van der Waals surface area contributed by atoms with Crippen molar-refractivity contribution in [1.82, 2.24) is 10.3 Å². The van der Waals surface area contributed by atoms with Crippen LogP contribution in [0.3, 0.4) is 0 Å². The van der Waals surface area contributed by atoms with Crippen LogP contribution in [-0.2, 0) is 16.9 Å². The number of ether oxygens (including phenoxy) is 1. The maximum Gasteiger partial charge on any atom is 0.208 e. The van der Waals surface area contributed by atoms with Gasteiger partial charge in [-0.15, -0.1) is 0 Å². The number of methoxy groups -OCH3 is 1. The van der Waals surface area contributed by atoms with Crippen LogP contribution in [0.15, 0.2) is 10.6 Å². The third kappa shape index (κ3) is 2.13. The molecule has 0 aromatic carbocycles. The summed E-state index contributed by atoms with van der Waals surface area (Å²) in [6.07, 6.45) is 2.59. The molecule has 1 N–H and O–H groups in total. The number of aromatic nitrogens is 1. The van der Waals surface area contributed by atoms with Gasteiger partial charge in [0.25, 0.3) is 0 Å². The van der Waals surface area contributed by atoms with Crippen molar-refractivity contribution in [3.8, 4) is 0 Å². The van der Waals surface area contributed by atoms with E-state index in [1.54, 1.807) is 13.3 Å². The quantitative estimate of drug-likeness (QED) is 0.781. The van der Waals surface area contributed by atoms with E-state index in [-0.39, 0.29) is 5.60 Å². The molecule has 4 nitrogen and oxygen atoms in total. The predicted octanol–water partition coefficient (Wildman–Crippen LogP) is 1.67. The van der Waals surface area contributed by atoms with Crippen molar-refractivity contribution < 1.29 is 9.15 Å². The fourth-order valence-electron chi connectivity index (χ4n) is 1.21. The monoisotopic (exact) mass is 198 g/mol. The molecule has 0 amide bonds. The summed E-state index contributed by atoms with van der Waals surface area (Å²) in [5, 5.41) is 2.99. The Kier molecular flexibility index (Phi) is 3.66. The summed E-state index contributed by atoms with van der Waals surface area (Å²) in [5.74, 6) is 1.48. The SMILES string of the molecule is CCC(C)(OC)c1cnc(CNC)o1. The lowest BCUT2D eigenvalue weighted by Gasteiger charge is -2.23. The van der Waals surface area contributed by atoms with Gasteiger partial charge >= 0.3 is 0 Å². The Labute approximate surface area is 84.7 Å². The van der Waals surface area contributed by atoms with Crippen molar-refractivity contribution in [1.29, 1.82) is 0 Å². The summed E-state index contributed by atoms with van der Waals surface area (Å²) in [5.41, 5.74) is -0.362. The molecule has 0 radical (unpaired) electrons. The Hall–Kier alpha value is -0.870. The Balaban J connectivity index is 2.84. The van der Waals surface area contributed by atoms with E-state index in [1.807, 2.05) is 14.0 Å². The van der Waals surface area contributed by atoms with E-state index in [0.717, 1.165) is 12.2 Å². The first kappa shape index (κ1) is 11.2. The number of nitrogens with zero attached hydrogens (tertiary/aromatic N) is 1. The van der Waals surface area contributed by atoms with Crippen LogP contribution in [0.5, 0.6) is 0 Å². The standard InChI is InChI=1S/C10H18N2O2/c1-5-10(2,13-4)8-6-12-9(14-8)7-11-3/h6,11H,5,7H2,1-4H3. The van der Waals surface area contributed by atoms with Crippen molar-refractivity contribution in [2.75, 3.05) is 14.2 Å². The fourth-order valence-corrected chi connectivity index (χ4v) is 1.21. The molecule has 1 rings (SSSR count). The van der Waals surface area contributed by atoms with Gasteiger partial charge in [0.1, 0.15) is 5.60 Å². The Morgan fingerprint density at radius 2 is 2.36 bits per heavy atom. The van der Waals surface area contributed by atoms with Crippen LogP contribution in [0.1, 0.15) is 31.9 Å². The highest BCUT2D eigenvalue weighted by Gasteiger charge is 2.28. The first-order valence-corrected chi connectivity index (χ1v) is 4.81. The molecule has 4 heteroatoms. The second kappa shape index (κ2) is 4.57. The normalized spacial score (nSPS) is 15.4. The molecule has 0 aliphatic heterocycles. The van der Waals surface area contributed by atoms with Crippen LogP contribution < -0.4 is 5.32 Å². The largest absolute Gasteiger partial charge is 0.441 e. The van der Waals surface area contributed by atoms with Gasteiger partial charge in [-0.25, -0.2) is 4.98 Å². The molecular weight excluding hydrogens is 180 g/mol. The zero-order chi connectivity index (χ0) is 10.6. The van der Waals surface area contributed by atoms with E-state index in [0.29, 0.717) is 12.4 Å². The van der Waals surface area contributed by atoms with E-state index < -0.39 is 0 Å². The van der Waals surface area contributed by atoms with Crippen LogP contribution in [-0.4, -0.2) is 19.1 Å². The van der Waals surface area contributed by atoms with Crippen molar-refractivity contribution in [2.24, 2.45) is 0 Å². The Bertz CT molecular complexity index is 279. The summed E-state index contributed by atoms with van der Waals surface area (Å²) in [6.45, 7) is 4.70. The third-order valence-electron chi connectivity index (χ3n) is 2.53. The molecule has 1 aromatic heterocycles. The van der Waals surface area contributed by atoms with Gasteiger partial charge in [-0.05, 0) is 20.4 Å². The number of rotatable bonds is 5. The molecule has 1 unspecified atom stereocenters. The molecule has 80 valence electrons. The molecule has 14 heavy (non-hydrogen) atoms. The average Bonchev–Trinajstić information content (AvgIpc) is 2.66. The maximum atomic E-state index is 5.57. The van der Waals surface area contributed by atoms with Crippen LogP contribution in [0.2, 0.25) is 0 Å². The topological polar surface area (TPSA) is 47.3 Å². The number of hydrogen-bond donors (Lipinski definition) is 1. The Morgan fingerprint density at radius 1 is 1.64 bits per heavy atom. The van der Waals surface area contributed by atoms with Crippen molar-refractivity contribution in [3.63, 3.8) is 0 Å². The highest BCUT2D eigenvalue weighted by molar-refractivity contribution is 5.05. The first-order chi connectivity index (χ1) is 6.66. The van der Waals surface area contributed by atoms with Crippen LogP contribution in [0.25, 0.3) is 0 Å². The van der Waals surface area contributed by atoms with Gasteiger partial charge in [0.05, 0.1) is 12.7 Å². The lowest BCUT2D eigenvalue weighted by molar-refractivity contribution is -0.0197. The average molecular weight is 198 g/mol. The third-order valence-corrected chi connectivity index (χ3v) is 2.53. The fraction of sp³-hybridized carbons (Fsp3) is 0.700. The molecule has 0 aliphatic rings. The van der Waals surface area contributed by atoms with Gasteiger partial charge in [-0.3, -0.25) is 0 Å². The highest BCUT2D eigenvalue weighted by atomic mass is 16.5. The summed E-state index contributed by atoms with van der Waals surface area (Å²) >= 11 is 0. The Morgan fingerprint density at radius 3 is 2.86 bits per heavy atom. The number of nitrogens with one attached hydrogen (secondary N) is 1. The molecule has 1 heterocycles. The summed E-state index contributed by atoms with van der Waals surface area (Å²) < 4.78 is 11.0. The molecular formula is C10H18N2O2. The van der Waals surface area contributed by atoms with Crippen molar-refractivity contribution in [3.05, 3.63) is 17.8 Å². The van der Waals surface area contributed by atoms with E-state index in [1.165, 1.54) is 0 Å².